The third kappa shape index (κ3) is 6.67. The van der Waals surface area contributed by atoms with Crippen LogP contribution >= 0.6 is 0 Å². The van der Waals surface area contributed by atoms with Crippen LogP contribution in [0.2, 0.25) is 0 Å². The second-order valence-corrected chi connectivity index (χ2v) is 7.47. The van der Waals surface area contributed by atoms with Crippen LogP contribution in [0.5, 0.6) is 11.5 Å². The largest absolute Gasteiger partial charge is 0.490 e. The van der Waals surface area contributed by atoms with Crippen LogP contribution in [0.1, 0.15) is 31.7 Å². The molecular weight excluding hydrogens is 394 g/mol. The minimum absolute atomic E-state index is 0.0193. The van der Waals surface area contributed by atoms with Crippen molar-refractivity contribution in [3.05, 3.63) is 29.8 Å². The molecule has 2 aliphatic heterocycles. The molecule has 0 aromatic heterocycles. The number of carbonyl (C=O) groups excluding carboxylic acids is 1. The van der Waals surface area contributed by atoms with E-state index in [1.807, 2.05) is 4.90 Å². The summed E-state index contributed by atoms with van der Waals surface area (Å²) in [5.41, 5.74) is 0.684. The first-order valence-corrected chi connectivity index (χ1v) is 10.6. The zero-order valence-corrected chi connectivity index (χ0v) is 17.4. The molecule has 1 aromatic rings. The number of rotatable bonds is 8. The molecule has 2 aliphatic rings. The minimum atomic E-state index is -2.92. The normalized spacial score (nSPS) is 20.7. The van der Waals surface area contributed by atoms with Gasteiger partial charge in [-0.3, -0.25) is 9.69 Å². The van der Waals surface area contributed by atoms with Crippen LogP contribution < -0.4 is 9.47 Å². The number of amides is 1. The third-order valence-corrected chi connectivity index (χ3v) is 5.29. The molecule has 3 rings (SSSR count). The van der Waals surface area contributed by atoms with Crippen molar-refractivity contribution in [1.82, 2.24) is 9.80 Å². The predicted octanol–water partition coefficient (Wildman–Crippen LogP) is 3.41. The Morgan fingerprint density at radius 1 is 1.23 bits per heavy atom. The Morgan fingerprint density at radius 3 is 2.83 bits per heavy atom. The maximum absolute atomic E-state index is 12.6. The van der Waals surface area contributed by atoms with E-state index in [-0.39, 0.29) is 17.4 Å². The molecule has 6 nitrogen and oxygen atoms in total. The van der Waals surface area contributed by atoms with E-state index < -0.39 is 6.61 Å². The van der Waals surface area contributed by atoms with Crippen molar-refractivity contribution in [2.75, 3.05) is 45.9 Å². The highest BCUT2D eigenvalue weighted by Crippen LogP contribution is 2.30. The Kier molecular flexibility index (Phi) is 8.45. The average molecular weight is 424 g/mol. The van der Waals surface area contributed by atoms with Crippen molar-refractivity contribution in [2.24, 2.45) is 0 Å². The highest BCUT2D eigenvalue weighted by molar-refractivity contribution is 5.91. The summed E-state index contributed by atoms with van der Waals surface area (Å²) in [5.74, 6) is 0.154. The number of alkyl halides is 2. The van der Waals surface area contributed by atoms with E-state index in [4.69, 9.17) is 9.47 Å². The second-order valence-electron chi connectivity index (χ2n) is 7.47. The number of ether oxygens (including phenoxy) is 3. The molecule has 0 N–H and O–H groups in total. The number of hydrogen-bond donors (Lipinski definition) is 0. The summed E-state index contributed by atoms with van der Waals surface area (Å²) in [6.45, 7) is 4.16. The lowest BCUT2D eigenvalue weighted by atomic mass is 10.2. The maximum Gasteiger partial charge on any atom is 0.387 e. The summed E-state index contributed by atoms with van der Waals surface area (Å²) in [6.07, 6.45) is 6.70. The highest BCUT2D eigenvalue weighted by atomic mass is 19.3. The number of nitrogens with zero attached hydrogens (tertiary/aromatic N) is 2. The lowest BCUT2D eigenvalue weighted by Gasteiger charge is -2.23. The first-order valence-electron chi connectivity index (χ1n) is 10.6. The molecule has 0 saturated carbocycles. The predicted molar refractivity (Wildman–Crippen MR) is 110 cm³/mol. The van der Waals surface area contributed by atoms with Gasteiger partial charge in [0.05, 0.1) is 12.7 Å². The minimum Gasteiger partial charge on any atom is -0.490 e. The first-order chi connectivity index (χ1) is 14.5. The molecule has 166 valence electrons. The van der Waals surface area contributed by atoms with Gasteiger partial charge in [0.15, 0.2) is 11.5 Å². The van der Waals surface area contributed by atoms with E-state index >= 15 is 0 Å². The van der Waals surface area contributed by atoms with E-state index in [0.29, 0.717) is 24.8 Å². The Labute approximate surface area is 176 Å². The van der Waals surface area contributed by atoms with Gasteiger partial charge >= 0.3 is 6.61 Å². The van der Waals surface area contributed by atoms with Crippen molar-refractivity contribution < 1.29 is 27.8 Å². The summed E-state index contributed by atoms with van der Waals surface area (Å²) in [4.78, 5) is 16.9. The second kappa shape index (κ2) is 11.3. The van der Waals surface area contributed by atoms with Crippen molar-refractivity contribution in [3.63, 3.8) is 0 Å². The van der Waals surface area contributed by atoms with Gasteiger partial charge in [0, 0.05) is 38.9 Å². The molecule has 2 fully saturated rings. The van der Waals surface area contributed by atoms with Crippen LogP contribution in [0.4, 0.5) is 8.78 Å². The molecule has 0 bridgehead atoms. The molecule has 1 amide bonds. The molecule has 30 heavy (non-hydrogen) atoms. The van der Waals surface area contributed by atoms with Crippen LogP contribution in [0.15, 0.2) is 24.3 Å². The number of carbonyl (C=O) groups is 1. The van der Waals surface area contributed by atoms with E-state index in [0.717, 1.165) is 52.0 Å². The number of halogens is 2. The van der Waals surface area contributed by atoms with Crippen LogP contribution in [-0.2, 0) is 9.53 Å². The van der Waals surface area contributed by atoms with Crippen LogP contribution in [0.3, 0.4) is 0 Å². The van der Waals surface area contributed by atoms with Crippen LogP contribution in [0, 0.1) is 0 Å². The van der Waals surface area contributed by atoms with Gasteiger partial charge in [0.25, 0.3) is 0 Å². The Morgan fingerprint density at radius 2 is 2.10 bits per heavy atom. The average Bonchev–Trinajstić information content (AvgIpc) is 3.11. The molecule has 0 spiro atoms. The van der Waals surface area contributed by atoms with Gasteiger partial charge in [-0.15, -0.1) is 0 Å². The van der Waals surface area contributed by atoms with E-state index in [2.05, 4.69) is 9.64 Å². The molecule has 1 aromatic carbocycles. The quantitative estimate of drug-likeness (QED) is 0.599. The molecule has 0 radical (unpaired) electrons. The van der Waals surface area contributed by atoms with Crippen molar-refractivity contribution in [3.8, 4) is 11.5 Å². The van der Waals surface area contributed by atoms with Crippen molar-refractivity contribution in [1.29, 1.82) is 0 Å². The number of hydrogen-bond acceptors (Lipinski definition) is 5. The van der Waals surface area contributed by atoms with Crippen molar-refractivity contribution >= 4 is 12.0 Å². The van der Waals surface area contributed by atoms with Gasteiger partial charge < -0.3 is 19.1 Å². The molecule has 2 heterocycles. The lowest BCUT2D eigenvalue weighted by Crippen LogP contribution is -2.37. The Hall–Kier alpha value is -2.19. The van der Waals surface area contributed by atoms with Gasteiger partial charge in [-0.25, -0.2) is 0 Å². The van der Waals surface area contributed by atoms with Crippen LogP contribution in [0.25, 0.3) is 6.08 Å². The molecule has 0 unspecified atom stereocenters. The van der Waals surface area contributed by atoms with E-state index in [1.165, 1.54) is 12.1 Å². The van der Waals surface area contributed by atoms with E-state index in [1.54, 1.807) is 25.1 Å². The maximum atomic E-state index is 12.6. The topological polar surface area (TPSA) is 51.2 Å². The first kappa shape index (κ1) is 22.5. The van der Waals surface area contributed by atoms with Crippen molar-refractivity contribution in [2.45, 2.75) is 38.9 Å². The molecule has 8 heteroatoms. The van der Waals surface area contributed by atoms with Gasteiger partial charge in [0.1, 0.15) is 0 Å². The Balaban J connectivity index is 1.56. The summed E-state index contributed by atoms with van der Waals surface area (Å²) in [6, 6.07) is 4.64. The lowest BCUT2D eigenvalue weighted by molar-refractivity contribution is -0.125. The summed E-state index contributed by atoms with van der Waals surface area (Å²) >= 11 is 0. The fourth-order valence-electron chi connectivity index (χ4n) is 3.81. The fourth-order valence-corrected chi connectivity index (χ4v) is 3.81. The van der Waals surface area contributed by atoms with Gasteiger partial charge in [0.2, 0.25) is 5.91 Å². The molecule has 1 atom stereocenters. The third-order valence-electron chi connectivity index (χ3n) is 5.29. The number of benzene rings is 1. The molecular formula is C22H30F2N2O4. The van der Waals surface area contributed by atoms with Crippen LogP contribution in [-0.4, -0.2) is 74.4 Å². The molecule has 0 aliphatic carbocycles. The summed E-state index contributed by atoms with van der Waals surface area (Å²) in [5, 5.41) is 0. The SMILES string of the molecule is CCOc1cc(/C=C/C(=O)N2CCCN(C[C@@H]3CCCO3)CC2)ccc1OC(F)F. The van der Waals surface area contributed by atoms with Gasteiger partial charge in [-0.2, -0.15) is 8.78 Å². The zero-order valence-electron chi connectivity index (χ0n) is 17.4. The summed E-state index contributed by atoms with van der Waals surface area (Å²) < 4.78 is 40.6. The van der Waals surface area contributed by atoms with Gasteiger partial charge in [-0.05, 0) is 56.5 Å². The fraction of sp³-hybridized carbons (Fsp3) is 0.591. The van der Waals surface area contributed by atoms with E-state index in [9.17, 15) is 13.6 Å². The van der Waals surface area contributed by atoms with Gasteiger partial charge in [-0.1, -0.05) is 6.07 Å². The standard InChI is InChI=1S/C22H30F2N2O4/c1-2-28-20-15-17(6-8-19(20)30-22(23)24)7-9-21(27)26-11-4-10-25(12-13-26)16-18-5-3-14-29-18/h6-9,15,18,22H,2-5,10-14,16H2,1H3/b9-7+/t18-/m0/s1. The highest BCUT2D eigenvalue weighted by Gasteiger charge is 2.22. The molecule has 2 saturated heterocycles. The summed E-state index contributed by atoms with van der Waals surface area (Å²) in [7, 11) is 0. The zero-order chi connectivity index (χ0) is 21.3. The Bertz CT molecular complexity index is 723. The smallest absolute Gasteiger partial charge is 0.387 e. The monoisotopic (exact) mass is 424 g/mol.